The fourth-order valence-electron chi connectivity index (χ4n) is 2.42. The van der Waals surface area contributed by atoms with Gasteiger partial charge in [-0.25, -0.2) is 10.2 Å². The molecule has 6 nitrogen and oxygen atoms in total. The molecule has 0 aromatic heterocycles. The predicted molar refractivity (Wildman–Crippen MR) is 113 cm³/mol. The number of halogens is 1. The van der Waals surface area contributed by atoms with Crippen LogP contribution in [0.4, 0.5) is 0 Å². The largest absolute Gasteiger partial charge is 0.423 e. The molecular weight excluding hydrogens is 436 g/mol. The molecule has 3 rings (SSSR count). The number of rotatable bonds is 6. The summed E-state index contributed by atoms with van der Waals surface area (Å²) in [4.78, 5) is 24.1. The highest BCUT2D eigenvalue weighted by Gasteiger charge is 2.16. The van der Waals surface area contributed by atoms with Crippen LogP contribution in [0.15, 0.2) is 88.4 Å². The molecule has 0 fully saturated rings. The van der Waals surface area contributed by atoms with Gasteiger partial charge in [0.1, 0.15) is 5.75 Å². The fourth-order valence-corrected chi connectivity index (χ4v) is 2.82. The molecule has 1 atom stereocenters. The molecular formula is C22H17BrN2O4. The van der Waals surface area contributed by atoms with Gasteiger partial charge in [0, 0.05) is 4.47 Å². The summed E-state index contributed by atoms with van der Waals surface area (Å²) in [6.07, 6.45) is 0.128. The Balaban J connectivity index is 1.55. The van der Waals surface area contributed by atoms with E-state index in [2.05, 4.69) is 26.5 Å². The standard InChI is InChI=1S/C22H17BrN2O4/c23-18-8-4-7-17(13-18)22(28)29-19-11-9-15(10-12-19)14-24-25-21(27)20(26)16-5-2-1-3-6-16/h1-14,20,26H,(H,25,27). The highest BCUT2D eigenvalue weighted by molar-refractivity contribution is 9.10. The van der Waals surface area contributed by atoms with Gasteiger partial charge in [0.15, 0.2) is 6.10 Å². The number of esters is 1. The van der Waals surface area contributed by atoms with E-state index >= 15 is 0 Å². The van der Waals surface area contributed by atoms with E-state index in [1.807, 2.05) is 6.07 Å². The highest BCUT2D eigenvalue weighted by Crippen LogP contribution is 2.16. The monoisotopic (exact) mass is 452 g/mol. The van der Waals surface area contributed by atoms with Crippen LogP contribution in [0.2, 0.25) is 0 Å². The molecule has 0 saturated carbocycles. The number of hydrogen-bond donors (Lipinski definition) is 2. The van der Waals surface area contributed by atoms with Crippen molar-refractivity contribution in [2.75, 3.05) is 0 Å². The fraction of sp³-hybridized carbons (Fsp3) is 0.0455. The van der Waals surface area contributed by atoms with Gasteiger partial charge in [-0.2, -0.15) is 5.10 Å². The number of amides is 1. The van der Waals surface area contributed by atoms with Gasteiger partial charge >= 0.3 is 5.97 Å². The van der Waals surface area contributed by atoms with Gasteiger partial charge in [-0.3, -0.25) is 4.79 Å². The first-order valence-corrected chi connectivity index (χ1v) is 9.46. The Kier molecular flexibility index (Phi) is 6.89. The van der Waals surface area contributed by atoms with E-state index < -0.39 is 18.0 Å². The van der Waals surface area contributed by atoms with Crippen LogP contribution in [0.25, 0.3) is 0 Å². The third kappa shape index (κ3) is 5.84. The maximum Gasteiger partial charge on any atom is 0.343 e. The van der Waals surface area contributed by atoms with Crippen molar-refractivity contribution < 1.29 is 19.4 Å². The number of hydrazone groups is 1. The summed E-state index contributed by atoms with van der Waals surface area (Å²) in [6, 6.07) is 22.1. The Morgan fingerprint density at radius 2 is 1.72 bits per heavy atom. The molecule has 3 aromatic rings. The highest BCUT2D eigenvalue weighted by atomic mass is 79.9. The van der Waals surface area contributed by atoms with Crippen molar-refractivity contribution in [2.45, 2.75) is 6.10 Å². The van der Waals surface area contributed by atoms with Gasteiger partial charge in [0.05, 0.1) is 11.8 Å². The summed E-state index contributed by atoms with van der Waals surface area (Å²) < 4.78 is 6.12. The summed E-state index contributed by atoms with van der Waals surface area (Å²) in [6.45, 7) is 0. The van der Waals surface area contributed by atoms with Gasteiger partial charge in [-0.1, -0.05) is 52.3 Å². The smallest absolute Gasteiger partial charge is 0.343 e. The molecule has 1 unspecified atom stereocenters. The maximum atomic E-state index is 12.1. The van der Waals surface area contributed by atoms with E-state index in [0.717, 1.165) is 4.47 Å². The van der Waals surface area contributed by atoms with Crippen LogP contribution in [0.3, 0.4) is 0 Å². The summed E-state index contributed by atoms with van der Waals surface area (Å²) in [5.74, 6) is -0.711. The Labute approximate surface area is 176 Å². The van der Waals surface area contributed by atoms with Gasteiger partial charge < -0.3 is 9.84 Å². The quantitative estimate of drug-likeness (QED) is 0.257. The Morgan fingerprint density at radius 3 is 2.41 bits per heavy atom. The van der Waals surface area contributed by atoms with Gasteiger partial charge in [0.25, 0.3) is 5.91 Å². The maximum absolute atomic E-state index is 12.1. The van der Waals surface area contributed by atoms with Crippen molar-refractivity contribution >= 4 is 34.0 Å². The summed E-state index contributed by atoms with van der Waals surface area (Å²) in [5.41, 5.74) is 3.89. The van der Waals surface area contributed by atoms with Crippen molar-refractivity contribution in [3.8, 4) is 5.75 Å². The Hall–Kier alpha value is -3.29. The van der Waals surface area contributed by atoms with Crippen molar-refractivity contribution in [1.29, 1.82) is 0 Å². The minimum absolute atomic E-state index is 0.385. The molecule has 3 aromatic carbocycles. The van der Waals surface area contributed by atoms with Crippen LogP contribution in [-0.2, 0) is 4.79 Å². The third-order valence-electron chi connectivity index (χ3n) is 3.90. The van der Waals surface area contributed by atoms with Crippen LogP contribution in [0.5, 0.6) is 5.75 Å². The zero-order chi connectivity index (χ0) is 20.6. The summed E-state index contributed by atoms with van der Waals surface area (Å²) >= 11 is 3.31. The first-order chi connectivity index (χ1) is 14.0. The Morgan fingerprint density at radius 1 is 1.00 bits per heavy atom. The van der Waals surface area contributed by atoms with Gasteiger partial charge in [0.2, 0.25) is 0 Å². The minimum Gasteiger partial charge on any atom is -0.423 e. The third-order valence-corrected chi connectivity index (χ3v) is 4.40. The summed E-state index contributed by atoms with van der Waals surface area (Å²) in [5, 5.41) is 13.8. The van der Waals surface area contributed by atoms with Crippen LogP contribution < -0.4 is 10.2 Å². The molecule has 146 valence electrons. The number of aliphatic hydroxyl groups excluding tert-OH is 1. The lowest BCUT2D eigenvalue weighted by Crippen LogP contribution is -2.25. The molecule has 0 radical (unpaired) electrons. The lowest BCUT2D eigenvalue weighted by molar-refractivity contribution is -0.129. The van der Waals surface area contributed by atoms with E-state index in [4.69, 9.17) is 4.74 Å². The molecule has 0 aliphatic rings. The van der Waals surface area contributed by atoms with E-state index in [1.165, 1.54) is 6.21 Å². The Bertz CT molecular complexity index is 1020. The molecule has 0 saturated heterocycles. The summed E-state index contributed by atoms with van der Waals surface area (Å²) in [7, 11) is 0. The van der Waals surface area contributed by atoms with E-state index in [0.29, 0.717) is 22.4 Å². The van der Waals surface area contributed by atoms with E-state index in [-0.39, 0.29) is 0 Å². The minimum atomic E-state index is -1.30. The molecule has 0 bridgehead atoms. The molecule has 0 heterocycles. The zero-order valence-electron chi connectivity index (χ0n) is 15.2. The number of nitrogens with zero attached hydrogens (tertiary/aromatic N) is 1. The van der Waals surface area contributed by atoms with Crippen molar-refractivity contribution in [2.24, 2.45) is 5.10 Å². The topological polar surface area (TPSA) is 88.0 Å². The second-order valence-electron chi connectivity index (χ2n) is 6.02. The number of hydrogen-bond acceptors (Lipinski definition) is 5. The second kappa shape index (κ2) is 9.77. The molecule has 2 N–H and O–H groups in total. The lowest BCUT2D eigenvalue weighted by Gasteiger charge is -2.08. The normalized spacial score (nSPS) is 11.8. The molecule has 0 aliphatic carbocycles. The van der Waals surface area contributed by atoms with Crippen molar-refractivity contribution in [3.63, 3.8) is 0 Å². The number of carbonyl (C=O) groups is 2. The van der Waals surface area contributed by atoms with Crippen molar-refractivity contribution in [1.82, 2.24) is 5.43 Å². The molecule has 7 heteroatoms. The number of ether oxygens (including phenoxy) is 1. The SMILES string of the molecule is O=C(Oc1ccc(C=NNC(=O)C(O)c2ccccc2)cc1)c1cccc(Br)c1. The molecule has 0 spiro atoms. The zero-order valence-corrected chi connectivity index (χ0v) is 16.7. The second-order valence-corrected chi connectivity index (χ2v) is 6.93. The van der Waals surface area contributed by atoms with Gasteiger partial charge in [-0.15, -0.1) is 0 Å². The number of carbonyl (C=O) groups excluding carboxylic acids is 2. The number of aliphatic hydroxyl groups is 1. The molecule has 29 heavy (non-hydrogen) atoms. The van der Waals surface area contributed by atoms with E-state index in [1.54, 1.807) is 72.8 Å². The van der Waals surface area contributed by atoms with Gasteiger partial charge in [-0.05, 0) is 53.6 Å². The van der Waals surface area contributed by atoms with Crippen LogP contribution in [0.1, 0.15) is 27.6 Å². The predicted octanol–water partition coefficient (Wildman–Crippen LogP) is 3.85. The van der Waals surface area contributed by atoms with E-state index in [9.17, 15) is 14.7 Å². The van der Waals surface area contributed by atoms with Crippen LogP contribution in [0, 0.1) is 0 Å². The average molecular weight is 453 g/mol. The number of nitrogens with one attached hydrogen (secondary N) is 1. The molecule has 0 aliphatic heterocycles. The van der Waals surface area contributed by atoms with Crippen LogP contribution >= 0.6 is 15.9 Å². The average Bonchev–Trinajstić information content (AvgIpc) is 2.75. The first kappa shape index (κ1) is 20.4. The molecule has 1 amide bonds. The van der Waals surface area contributed by atoms with Crippen molar-refractivity contribution in [3.05, 3.63) is 100 Å². The number of benzene rings is 3. The lowest BCUT2D eigenvalue weighted by atomic mass is 10.1. The first-order valence-electron chi connectivity index (χ1n) is 8.66. The van der Waals surface area contributed by atoms with Crippen LogP contribution in [-0.4, -0.2) is 23.2 Å².